The molecule has 5 nitrogen and oxygen atoms in total. The van der Waals surface area contributed by atoms with Crippen LogP contribution in [0.4, 0.5) is 8.78 Å². The zero-order valence-electron chi connectivity index (χ0n) is 14.1. The molecule has 0 fully saturated rings. The lowest BCUT2D eigenvalue weighted by Gasteiger charge is -2.20. The number of hydrogen-bond acceptors (Lipinski definition) is 3. The van der Waals surface area contributed by atoms with Crippen molar-refractivity contribution in [3.63, 3.8) is 0 Å². The van der Waals surface area contributed by atoms with E-state index in [2.05, 4.69) is 10.1 Å². The first-order valence-electron chi connectivity index (χ1n) is 7.96. The third-order valence-corrected chi connectivity index (χ3v) is 3.82. The molecule has 1 unspecified atom stereocenters. The number of carboxylic acid groups (broad SMARTS) is 1. The van der Waals surface area contributed by atoms with Gasteiger partial charge in [-0.15, -0.1) is 0 Å². The summed E-state index contributed by atoms with van der Waals surface area (Å²) in [4.78, 5) is 23.5. The number of aliphatic carboxylic acids is 1. The van der Waals surface area contributed by atoms with E-state index in [1.807, 2.05) is 19.1 Å². The average molecular weight is 363 g/mol. The Morgan fingerprint density at radius 2 is 1.77 bits per heavy atom. The fourth-order valence-electron chi connectivity index (χ4n) is 2.67. The zero-order valence-corrected chi connectivity index (χ0v) is 14.1. The van der Waals surface area contributed by atoms with Crippen molar-refractivity contribution >= 4 is 11.9 Å². The highest BCUT2D eigenvalue weighted by molar-refractivity contribution is 5.80. The number of alkyl halides is 2. The minimum Gasteiger partial charge on any atom is -0.481 e. The summed E-state index contributed by atoms with van der Waals surface area (Å²) >= 11 is 0. The molecule has 7 heteroatoms. The molecule has 0 aromatic heterocycles. The molecule has 0 bridgehead atoms. The number of benzene rings is 2. The molecular formula is C19H19F2NO4. The van der Waals surface area contributed by atoms with E-state index in [4.69, 9.17) is 5.11 Å². The number of carboxylic acids is 1. The van der Waals surface area contributed by atoms with Gasteiger partial charge in [0.25, 0.3) is 0 Å². The number of ether oxygens (including phenoxy) is 1. The van der Waals surface area contributed by atoms with Crippen LogP contribution < -0.4 is 10.1 Å². The molecule has 0 aliphatic rings. The standard InChI is InChI=1S/C19H19F2NO4/c1-12-6-2-4-8-14(12)15(11-18(24)25)22-17(23)10-13-7-3-5-9-16(13)26-19(20)21/h2-9,15,19H,10-11H2,1H3,(H,22,23)(H,24,25). The first-order chi connectivity index (χ1) is 12.4. The minimum atomic E-state index is -2.99. The molecule has 0 saturated heterocycles. The topological polar surface area (TPSA) is 75.6 Å². The molecule has 0 spiro atoms. The SMILES string of the molecule is Cc1ccccc1C(CC(=O)O)NC(=O)Cc1ccccc1OC(F)F. The van der Waals surface area contributed by atoms with Crippen molar-refractivity contribution in [2.75, 3.05) is 0 Å². The van der Waals surface area contributed by atoms with Crippen molar-refractivity contribution in [1.29, 1.82) is 0 Å². The van der Waals surface area contributed by atoms with E-state index in [9.17, 15) is 18.4 Å². The molecule has 0 aliphatic carbocycles. The Morgan fingerprint density at radius 3 is 2.42 bits per heavy atom. The van der Waals surface area contributed by atoms with E-state index in [-0.39, 0.29) is 18.6 Å². The van der Waals surface area contributed by atoms with E-state index in [1.165, 1.54) is 18.2 Å². The summed E-state index contributed by atoms with van der Waals surface area (Å²) in [6.07, 6.45) is -0.489. The van der Waals surface area contributed by atoms with Crippen LogP contribution in [0.1, 0.15) is 29.2 Å². The van der Waals surface area contributed by atoms with Gasteiger partial charge in [0.1, 0.15) is 5.75 Å². The number of nitrogens with one attached hydrogen (secondary N) is 1. The Balaban J connectivity index is 2.16. The van der Waals surface area contributed by atoms with Crippen LogP contribution in [0.5, 0.6) is 5.75 Å². The summed E-state index contributed by atoms with van der Waals surface area (Å²) in [6.45, 7) is -1.17. The van der Waals surface area contributed by atoms with Crippen molar-refractivity contribution in [2.24, 2.45) is 0 Å². The lowest BCUT2D eigenvalue weighted by molar-refractivity contribution is -0.137. The van der Waals surface area contributed by atoms with Crippen LogP contribution in [0.15, 0.2) is 48.5 Å². The predicted octanol–water partition coefficient (Wildman–Crippen LogP) is 3.47. The van der Waals surface area contributed by atoms with Gasteiger partial charge >= 0.3 is 12.6 Å². The van der Waals surface area contributed by atoms with E-state index in [0.717, 1.165) is 5.56 Å². The number of hydrogen-bond donors (Lipinski definition) is 2. The summed E-state index contributed by atoms with van der Waals surface area (Å²) in [5.41, 5.74) is 1.84. The van der Waals surface area contributed by atoms with Crippen LogP contribution in [0.25, 0.3) is 0 Å². The highest BCUT2D eigenvalue weighted by atomic mass is 19.3. The molecule has 0 aliphatic heterocycles. The number of rotatable bonds is 8. The number of para-hydroxylation sites is 1. The number of carbonyl (C=O) groups excluding carboxylic acids is 1. The molecular weight excluding hydrogens is 344 g/mol. The van der Waals surface area contributed by atoms with E-state index in [0.29, 0.717) is 11.1 Å². The van der Waals surface area contributed by atoms with Crippen molar-refractivity contribution < 1.29 is 28.2 Å². The lowest BCUT2D eigenvalue weighted by Crippen LogP contribution is -2.32. The third kappa shape index (κ3) is 5.54. The molecule has 2 aromatic rings. The number of amides is 1. The summed E-state index contributed by atoms with van der Waals surface area (Å²) in [6, 6.07) is 12.4. The quantitative estimate of drug-likeness (QED) is 0.753. The molecule has 2 N–H and O–H groups in total. The Labute approximate surface area is 149 Å². The highest BCUT2D eigenvalue weighted by Gasteiger charge is 2.20. The lowest BCUT2D eigenvalue weighted by atomic mass is 9.98. The monoisotopic (exact) mass is 363 g/mol. The van der Waals surface area contributed by atoms with Crippen molar-refractivity contribution in [3.8, 4) is 5.75 Å². The molecule has 1 amide bonds. The average Bonchev–Trinajstić information content (AvgIpc) is 2.55. The minimum absolute atomic E-state index is 0.0803. The smallest absolute Gasteiger partial charge is 0.387 e. The molecule has 0 saturated carbocycles. The van der Waals surface area contributed by atoms with Crippen LogP contribution in [-0.4, -0.2) is 23.6 Å². The molecule has 0 heterocycles. The van der Waals surface area contributed by atoms with Crippen LogP contribution in [0.2, 0.25) is 0 Å². The van der Waals surface area contributed by atoms with Crippen LogP contribution in [-0.2, 0) is 16.0 Å². The fourth-order valence-corrected chi connectivity index (χ4v) is 2.67. The third-order valence-electron chi connectivity index (χ3n) is 3.82. The fraction of sp³-hybridized carbons (Fsp3) is 0.263. The molecule has 2 rings (SSSR count). The van der Waals surface area contributed by atoms with Crippen molar-refractivity contribution in [2.45, 2.75) is 32.4 Å². The first kappa shape index (κ1) is 19.4. The maximum Gasteiger partial charge on any atom is 0.387 e. The van der Waals surface area contributed by atoms with Gasteiger partial charge in [0, 0.05) is 5.56 Å². The molecule has 0 radical (unpaired) electrons. The Hall–Kier alpha value is -2.96. The van der Waals surface area contributed by atoms with Gasteiger partial charge in [0.05, 0.1) is 18.9 Å². The molecule has 2 aromatic carbocycles. The first-order valence-corrected chi connectivity index (χ1v) is 7.96. The van der Waals surface area contributed by atoms with E-state index < -0.39 is 24.5 Å². The normalized spacial score (nSPS) is 11.8. The van der Waals surface area contributed by atoms with Gasteiger partial charge in [0.2, 0.25) is 5.91 Å². The van der Waals surface area contributed by atoms with E-state index in [1.54, 1.807) is 18.2 Å². The maximum absolute atomic E-state index is 12.5. The summed E-state index contributed by atoms with van der Waals surface area (Å²) in [5.74, 6) is -1.62. The second-order valence-electron chi connectivity index (χ2n) is 5.74. The Morgan fingerprint density at radius 1 is 1.12 bits per heavy atom. The second-order valence-corrected chi connectivity index (χ2v) is 5.74. The summed E-state index contributed by atoms with van der Waals surface area (Å²) < 4.78 is 29.4. The maximum atomic E-state index is 12.5. The van der Waals surface area contributed by atoms with Crippen molar-refractivity contribution in [1.82, 2.24) is 5.32 Å². The van der Waals surface area contributed by atoms with Gasteiger partial charge in [-0.3, -0.25) is 9.59 Å². The molecule has 138 valence electrons. The van der Waals surface area contributed by atoms with Gasteiger partial charge in [-0.1, -0.05) is 42.5 Å². The summed E-state index contributed by atoms with van der Waals surface area (Å²) in [5, 5.41) is 11.8. The van der Waals surface area contributed by atoms with Gasteiger partial charge < -0.3 is 15.2 Å². The van der Waals surface area contributed by atoms with Crippen LogP contribution in [0.3, 0.4) is 0 Å². The molecule has 1 atom stereocenters. The largest absolute Gasteiger partial charge is 0.481 e. The Bertz CT molecular complexity index is 780. The predicted molar refractivity (Wildman–Crippen MR) is 91.1 cm³/mol. The second kappa shape index (κ2) is 8.94. The number of aryl methyl sites for hydroxylation is 1. The van der Waals surface area contributed by atoms with Gasteiger partial charge in [-0.05, 0) is 24.1 Å². The van der Waals surface area contributed by atoms with Gasteiger partial charge in [-0.2, -0.15) is 8.78 Å². The van der Waals surface area contributed by atoms with Crippen LogP contribution in [0, 0.1) is 6.92 Å². The molecule has 26 heavy (non-hydrogen) atoms. The zero-order chi connectivity index (χ0) is 19.1. The Kier molecular flexibility index (Phi) is 6.66. The van der Waals surface area contributed by atoms with Crippen molar-refractivity contribution in [3.05, 3.63) is 65.2 Å². The highest BCUT2D eigenvalue weighted by Crippen LogP contribution is 2.23. The van der Waals surface area contributed by atoms with Gasteiger partial charge in [-0.25, -0.2) is 0 Å². The van der Waals surface area contributed by atoms with Crippen LogP contribution >= 0.6 is 0 Å². The number of halogens is 2. The van der Waals surface area contributed by atoms with Gasteiger partial charge in [0.15, 0.2) is 0 Å². The summed E-state index contributed by atoms with van der Waals surface area (Å²) in [7, 11) is 0. The number of carbonyl (C=O) groups is 2. The van der Waals surface area contributed by atoms with E-state index >= 15 is 0 Å².